The van der Waals surface area contributed by atoms with Crippen molar-refractivity contribution in [1.82, 2.24) is 10.6 Å². The van der Waals surface area contributed by atoms with Crippen LogP contribution in [0.5, 0.6) is 5.75 Å². The highest BCUT2D eigenvalue weighted by molar-refractivity contribution is 5.80. The predicted octanol–water partition coefficient (Wildman–Crippen LogP) is 4.02. The lowest BCUT2D eigenvalue weighted by molar-refractivity contribution is 0.271. The molecule has 142 valence electrons. The summed E-state index contributed by atoms with van der Waals surface area (Å²) in [5, 5.41) is 15.6. The average molecular weight is 364 g/mol. The second-order valence-electron chi connectivity index (χ2n) is 6.87. The number of nitrogens with one attached hydrogen (secondary N) is 2. The molecule has 0 aliphatic rings. The van der Waals surface area contributed by atoms with Gasteiger partial charge in [-0.2, -0.15) is 5.26 Å². The Kier molecular flexibility index (Phi) is 7.69. The molecular weight excluding hydrogens is 336 g/mol. The first-order chi connectivity index (χ1) is 13.0. The Labute approximate surface area is 162 Å². The molecule has 0 aliphatic carbocycles. The van der Waals surface area contributed by atoms with E-state index in [4.69, 9.17) is 10.00 Å². The van der Waals surface area contributed by atoms with E-state index in [9.17, 15) is 0 Å². The van der Waals surface area contributed by atoms with Crippen molar-refractivity contribution in [2.75, 3.05) is 13.7 Å². The fourth-order valence-electron chi connectivity index (χ4n) is 2.48. The molecule has 27 heavy (non-hydrogen) atoms. The van der Waals surface area contributed by atoms with Crippen molar-refractivity contribution in [3.05, 3.63) is 65.2 Å². The molecule has 2 rings (SSSR count). The van der Waals surface area contributed by atoms with E-state index in [1.807, 2.05) is 36.4 Å². The molecule has 1 atom stereocenters. The number of ether oxygens (including phenoxy) is 1. The van der Waals surface area contributed by atoms with Crippen LogP contribution in [0.25, 0.3) is 0 Å². The number of nitriles is 1. The van der Waals surface area contributed by atoms with Crippen molar-refractivity contribution in [3.8, 4) is 11.8 Å². The zero-order valence-corrected chi connectivity index (χ0v) is 16.5. The Morgan fingerprint density at radius 2 is 1.74 bits per heavy atom. The van der Waals surface area contributed by atoms with Gasteiger partial charge in [-0.05, 0) is 48.2 Å². The first-order valence-corrected chi connectivity index (χ1v) is 9.20. The van der Waals surface area contributed by atoms with Gasteiger partial charge in [-0.1, -0.05) is 38.1 Å². The zero-order chi connectivity index (χ0) is 19.6. The summed E-state index contributed by atoms with van der Waals surface area (Å²) in [6, 6.07) is 17.9. The van der Waals surface area contributed by atoms with Gasteiger partial charge in [0.15, 0.2) is 5.96 Å². The molecule has 2 aromatic rings. The summed E-state index contributed by atoms with van der Waals surface area (Å²) < 4.78 is 5.73. The molecule has 0 saturated carbocycles. The fraction of sp³-hybridized carbons (Fsp3) is 0.364. The van der Waals surface area contributed by atoms with Gasteiger partial charge in [-0.25, -0.2) is 0 Å². The van der Waals surface area contributed by atoms with E-state index in [1.54, 1.807) is 7.05 Å². The number of nitrogens with zero attached hydrogens (tertiary/aromatic N) is 2. The van der Waals surface area contributed by atoms with Crippen LogP contribution in [0.1, 0.15) is 43.5 Å². The highest BCUT2D eigenvalue weighted by atomic mass is 16.5. The molecule has 0 radical (unpaired) electrons. The van der Waals surface area contributed by atoms with E-state index in [0.717, 1.165) is 29.4 Å². The third-order valence-electron chi connectivity index (χ3n) is 4.08. The molecule has 2 N–H and O–H groups in total. The van der Waals surface area contributed by atoms with Gasteiger partial charge in [0.25, 0.3) is 0 Å². The van der Waals surface area contributed by atoms with Crippen LogP contribution in [0.4, 0.5) is 0 Å². The number of rotatable bonds is 7. The number of benzene rings is 2. The Morgan fingerprint density at radius 3 is 2.30 bits per heavy atom. The van der Waals surface area contributed by atoms with Gasteiger partial charge in [0.1, 0.15) is 5.75 Å². The monoisotopic (exact) mass is 364 g/mol. The van der Waals surface area contributed by atoms with Crippen molar-refractivity contribution in [2.45, 2.75) is 33.4 Å². The Morgan fingerprint density at radius 1 is 1.07 bits per heavy atom. The van der Waals surface area contributed by atoms with Crippen LogP contribution in [0.3, 0.4) is 0 Å². The van der Waals surface area contributed by atoms with Crippen LogP contribution < -0.4 is 15.4 Å². The minimum absolute atomic E-state index is 0.108. The van der Waals surface area contributed by atoms with Crippen molar-refractivity contribution < 1.29 is 4.74 Å². The maximum atomic E-state index is 8.86. The van der Waals surface area contributed by atoms with Crippen molar-refractivity contribution >= 4 is 5.96 Å². The fourth-order valence-corrected chi connectivity index (χ4v) is 2.48. The van der Waals surface area contributed by atoms with E-state index < -0.39 is 0 Å². The quantitative estimate of drug-likeness (QED) is 0.575. The summed E-state index contributed by atoms with van der Waals surface area (Å²) in [5.74, 6) is 2.13. The van der Waals surface area contributed by atoms with Crippen molar-refractivity contribution in [1.29, 1.82) is 5.26 Å². The molecule has 0 amide bonds. The zero-order valence-electron chi connectivity index (χ0n) is 16.5. The van der Waals surface area contributed by atoms with Crippen molar-refractivity contribution in [2.24, 2.45) is 10.9 Å². The van der Waals surface area contributed by atoms with Crippen LogP contribution in [0, 0.1) is 17.2 Å². The Bertz CT molecular complexity index is 773. The van der Waals surface area contributed by atoms with Crippen LogP contribution in [0.15, 0.2) is 53.5 Å². The number of aliphatic imine (C=N–C) groups is 1. The minimum Gasteiger partial charge on any atom is -0.493 e. The SMILES string of the molecule is CN=C(NCc1ccc(C#N)cc1)NC(C)c1ccc(OCC(C)C)cc1. The lowest BCUT2D eigenvalue weighted by atomic mass is 10.1. The van der Waals surface area contributed by atoms with Gasteiger partial charge in [-0.15, -0.1) is 0 Å². The first-order valence-electron chi connectivity index (χ1n) is 9.20. The summed E-state index contributed by atoms with van der Waals surface area (Å²) in [6.45, 7) is 7.73. The molecule has 0 fully saturated rings. The predicted molar refractivity (Wildman–Crippen MR) is 110 cm³/mol. The van der Waals surface area contributed by atoms with E-state index >= 15 is 0 Å². The lowest BCUT2D eigenvalue weighted by Gasteiger charge is -2.19. The summed E-state index contributed by atoms with van der Waals surface area (Å²) in [5.41, 5.74) is 2.92. The molecule has 0 saturated heterocycles. The molecule has 2 aromatic carbocycles. The summed E-state index contributed by atoms with van der Waals surface area (Å²) >= 11 is 0. The second-order valence-corrected chi connectivity index (χ2v) is 6.87. The molecular formula is C22H28N4O. The summed E-state index contributed by atoms with van der Waals surface area (Å²) in [6.07, 6.45) is 0. The molecule has 0 spiro atoms. The van der Waals surface area contributed by atoms with Crippen LogP contribution in [-0.2, 0) is 6.54 Å². The number of hydrogen-bond donors (Lipinski definition) is 2. The van der Waals surface area contributed by atoms with Crippen LogP contribution in [0.2, 0.25) is 0 Å². The highest BCUT2D eigenvalue weighted by Crippen LogP contribution is 2.18. The van der Waals surface area contributed by atoms with Crippen LogP contribution in [-0.4, -0.2) is 19.6 Å². The van der Waals surface area contributed by atoms with Gasteiger partial charge < -0.3 is 15.4 Å². The molecule has 5 nitrogen and oxygen atoms in total. The summed E-state index contributed by atoms with van der Waals surface area (Å²) in [4.78, 5) is 4.29. The third kappa shape index (κ3) is 6.67. The molecule has 0 bridgehead atoms. The van der Waals surface area contributed by atoms with Crippen molar-refractivity contribution in [3.63, 3.8) is 0 Å². The second kappa shape index (κ2) is 10.2. The van der Waals surface area contributed by atoms with E-state index in [2.05, 4.69) is 54.6 Å². The first kappa shape index (κ1) is 20.3. The number of hydrogen-bond acceptors (Lipinski definition) is 3. The largest absolute Gasteiger partial charge is 0.493 e. The molecule has 0 aromatic heterocycles. The molecule has 1 unspecified atom stereocenters. The summed E-state index contributed by atoms with van der Waals surface area (Å²) in [7, 11) is 1.75. The van der Waals surface area contributed by atoms with Crippen LogP contribution >= 0.6 is 0 Å². The number of guanidine groups is 1. The topological polar surface area (TPSA) is 69.4 Å². The molecule has 5 heteroatoms. The molecule has 0 heterocycles. The van der Waals surface area contributed by atoms with E-state index in [-0.39, 0.29) is 6.04 Å². The smallest absolute Gasteiger partial charge is 0.191 e. The Balaban J connectivity index is 1.88. The van der Waals surface area contributed by atoms with Gasteiger partial charge >= 0.3 is 0 Å². The van der Waals surface area contributed by atoms with Gasteiger partial charge in [0.05, 0.1) is 24.3 Å². The standard InChI is InChI=1S/C22H28N4O/c1-16(2)15-27-21-11-9-20(10-12-21)17(3)26-22(24-4)25-14-19-7-5-18(13-23)6-8-19/h5-12,16-17H,14-15H2,1-4H3,(H2,24,25,26). The van der Waals surface area contributed by atoms with Gasteiger partial charge in [-0.3, -0.25) is 4.99 Å². The lowest BCUT2D eigenvalue weighted by Crippen LogP contribution is -2.38. The maximum absolute atomic E-state index is 8.86. The van der Waals surface area contributed by atoms with E-state index in [1.165, 1.54) is 0 Å². The average Bonchev–Trinajstić information content (AvgIpc) is 2.70. The van der Waals surface area contributed by atoms with E-state index in [0.29, 0.717) is 18.0 Å². The highest BCUT2D eigenvalue weighted by Gasteiger charge is 2.08. The molecule has 0 aliphatic heterocycles. The maximum Gasteiger partial charge on any atom is 0.191 e. The van der Waals surface area contributed by atoms with Gasteiger partial charge in [0.2, 0.25) is 0 Å². The minimum atomic E-state index is 0.108. The third-order valence-corrected chi connectivity index (χ3v) is 4.08. The Hall–Kier alpha value is -3.00. The normalized spacial score (nSPS) is 12.4. The van der Waals surface area contributed by atoms with Gasteiger partial charge in [0, 0.05) is 13.6 Å².